The zero-order chi connectivity index (χ0) is 23.8. The van der Waals surface area contributed by atoms with Crippen molar-refractivity contribution in [2.45, 2.75) is 25.8 Å². The molecule has 176 valence electrons. The Balaban J connectivity index is 1.43. The van der Waals surface area contributed by atoms with Crippen LogP contribution in [0.2, 0.25) is 5.02 Å². The summed E-state index contributed by atoms with van der Waals surface area (Å²) in [6.07, 6.45) is 4.41. The highest BCUT2D eigenvalue weighted by atomic mass is 35.5. The molecule has 1 aliphatic rings. The zero-order valence-electron chi connectivity index (χ0n) is 18.2. The molecule has 11 heteroatoms. The first-order chi connectivity index (χ1) is 16.4. The molecular formula is C23H21ClF2N6O2. The van der Waals surface area contributed by atoms with E-state index >= 15 is 0 Å². The predicted octanol–water partition coefficient (Wildman–Crippen LogP) is 4.69. The number of aromatic nitrogens is 4. The monoisotopic (exact) mass is 486 g/mol. The number of carbonyl (C=O) groups is 1. The standard InChI is InChI=1S/C23H21ClF2N6O2/c1-13-3-2-8-31(19(13)12-27-23-30-18-9-14(24)4-5-20(18)34-23)22(33)16-10-15(25)11-17(26)21(16)32-28-6-7-29-32/h4-7,9-11,13,19H,2-3,8,12H2,1H3,(H,27,30)/t13-,19-/m1/s1. The van der Waals surface area contributed by atoms with Crippen LogP contribution in [0.25, 0.3) is 16.8 Å². The van der Waals surface area contributed by atoms with Gasteiger partial charge in [-0.2, -0.15) is 15.2 Å². The molecule has 2 aromatic carbocycles. The highest BCUT2D eigenvalue weighted by molar-refractivity contribution is 6.31. The third kappa shape index (κ3) is 4.21. The molecule has 0 saturated carbocycles. The lowest BCUT2D eigenvalue weighted by molar-refractivity contribution is 0.0538. The lowest BCUT2D eigenvalue weighted by Crippen LogP contribution is -2.51. The molecule has 8 nitrogen and oxygen atoms in total. The van der Waals surface area contributed by atoms with E-state index in [1.807, 2.05) is 6.92 Å². The molecule has 5 rings (SSSR count). The molecule has 0 radical (unpaired) electrons. The van der Waals surface area contributed by atoms with Crippen molar-refractivity contribution in [3.63, 3.8) is 0 Å². The summed E-state index contributed by atoms with van der Waals surface area (Å²) in [6.45, 7) is 2.84. The van der Waals surface area contributed by atoms with Gasteiger partial charge in [-0.3, -0.25) is 4.79 Å². The van der Waals surface area contributed by atoms with Crippen LogP contribution in [-0.4, -0.2) is 49.9 Å². The fraction of sp³-hybridized carbons (Fsp3) is 0.304. The molecule has 34 heavy (non-hydrogen) atoms. The Kier molecular flexibility index (Phi) is 5.91. The van der Waals surface area contributed by atoms with E-state index in [0.717, 1.165) is 23.7 Å². The number of rotatable bonds is 5. The number of carbonyl (C=O) groups excluding carboxylic acids is 1. The van der Waals surface area contributed by atoms with Crippen LogP contribution in [0.4, 0.5) is 14.8 Å². The molecule has 0 aliphatic carbocycles. The maximum atomic E-state index is 14.7. The number of likely N-dealkylation sites (tertiary alicyclic amines) is 1. The Morgan fingerprint density at radius 1 is 1.24 bits per heavy atom. The number of benzene rings is 2. The van der Waals surface area contributed by atoms with E-state index in [1.54, 1.807) is 23.1 Å². The summed E-state index contributed by atoms with van der Waals surface area (Å²) in [5, 5.41) is 11.6. The predicted molar refractivity (Wildman–Crippen MR) is 122 cm³/mol. The van der Waals surface area contributed by atoms with Crippen molar-refractivity contribution in [1.29, 1.82) is 0 Å². The van der Waals surface area contributed by atoms with Crippen LogP contribution in [0.5, 0.6) is 0 Å². The summed E-state index contributed by atoms with van der Waals surface area (Å²) >= 11 is 6.02. The number of hydrogen-bond acceptors (Lipinski definition) is 6. The second-order valence-corrected chi connectivity index (χ2v) is 8.74. The van der Waals surface area contributed by atoms with Crippen LogP contribution in [-0.2, 0) is 0 Å². The summed E-state index contributed by atoms with van der Waals surface area (Å²) < 4.78 is 34.6. The molecule has 1 amide bonds. The first kappa shape index (κ1) is 22.3. The van der Waals surface area contributed by atoms with Gasteiger partial charge in [0.25, 0.3) is 11.9 Å². The number of piperidine rings is 1. The molecule has 4 aromatic rings. The summed E-state index contributed by atoms with van der Waals surface area (Å²) in [5.41, 5.74) is 0.885. The van der Waals surface area contributed by atoms with Crippen molar-refractivity contribution >= 4 is 34.6 Å². The van der Waals surface area contributed by atoms with Crippen molar-refractivity contribution in [3.05, 3.63) is 64.9 Å². The highest BCUT2D eigenvalue weighted by Gasteiger charge is 2.34. The molecule has 1 saturated heterocycles. The highest BCUT2D eigenvalue weighted by Crippen LogP contribution is 2.29. The van der Waals surface area contributed by atoms with Gasteiger partial charge < -0.3 is 14.6 Å². The van der Waals surface area contributed by atoms with Crippen LogP contribution in [0.1, 0.15) is 30.1 Å². The molecule has 1 N–H and O–H groups in total. The van der Waals surface area contributed by atoms with Crippen LogP contribution in [0, 0.1) is 17.6 Å². The van der Waals surface area contributed by atoms with Gasteiger partial charge in [0, 0.05) is 24.2 Å². The van der Waals surface area contributed by atoms with E-state index in [1.165, 1.54) is 12.4 Å². The third-order valence-corrected chi connectivity index (χ3v) is 6.30. The first-order valence-electron chi connectivity index (χ1n) is 10.9. The van der Waals surface area contributed by atoms with E-state index < -0.39 is 17.5 Å². The van der Waals surface area contributed by atoms with Crippen molar-refractivity contribution in [2.24, 2.45) is 5.92 Å². The quantitative estimate of drug-likeness (QED) is 0.440. The average Bonchev–Trinajstić information content (AvgIpc) is 3.46. The lowest BCUT2D eigenvalue weighted by Gasteiger charge is -2.40. The van der Waals surface area contributed by atoms with Gasteiger partial charge in [-0.05, 0) is 43.0 Å². The van der Waals surface area contributed by atoms with Crippen molar-refractivity contribution < 1.29 is 18.0 Å². The Bertz CT molecular complexity index is 1340. The maximum Gasteiger partial charge on any atom is 0.295 e. The molecule has 3 heterocycles. The minimum absolute atomic E-state index is 0.133. The minimum Gasteiger partial charge on any atom is -0.424 e. The number of anilines is 1. The Hall–Kier alpha value is -3.53. The molecule has 1 aliphatic heterocycles. The van der Waals surface area contributed by atoms with Gasteiger partial charge in [0.15, 0.2) is 11.4 Å². The van der Waals surface area contributed by atoms with Crippen molar-refractivity contribution in [2.75, 3.05) is 18.4 Å². The van der Waals surface area contributed by atoms with E-state index in [0.29, 0.717) is 41.3 Å². The molecule has 0 bridgehead atoms. The van der Waals surface area contributed by atoms with Gasteiger partial charge in [0.05, 0.1) is 24.0 Å². The number of amides is 1. The maximum absolute atomic E-state index is 14.7. The number of halogens is 3. The lowest BCUT2D eigenvalue weighted by atomic mass is 9.90. The molecule has 0 unspecified atom stereocenters. The van der Waals surface area contributed by atoms with E-state index in [2.05, 4.69) is 20.5 Å². The Labute approximate surface area is 198 Å². The Morgan fingerprint density at radius 2 is 2.03 bits per heavy atom. The smallest absolute Gasteiger partial charge is 0.295 e. The number of nitrogens with one attached hydrogen (secondary N) is 1. The van der Waals surface area contributed by atoms with E-state index in [4.69, 9.17) is 16.0 Å². The van der Waals surface area contributed by atoms with Crippen LogP contribution in [0.15, 0.2) is 47.1 Å². The number of nitrogens with zero attached hydrogens (tertiary/aromatic N) is 5. The molecule has 2 aromatic heterocycles. The van der Waals surface area contributed by atoms with Gasteiger partial charge in [-0.1, -0.05) is 18.5 Å². The average molecular weight is 487 g/mol. The topological polar surface area (TPSA) is 89.1 Å². The Morgan fingerprint density at radius 3 is 2.82 bits per heavy atom. The SMILES string of the molecule is C[C@@H]1CCCN(C(=O)c2cc(F)cc(F)c2-n2nccn2)[C@@H]1CNc1nc2cc(Cl)ccc2o1. The number of hydrogen-bond donors (Lipinski definition) is 1. The van der Waals surface area contributed by atoms with Crippen LogP contribution >= 0.6 is 11.6 Å². The first-order valence-corrected chi connectivity index (χ1v) is 11.2. The van der Waals surface area contributed by atoms with Crippen LogP contribution in [0.3, 0.4) is 0 Å². The zero-order valence-corrected chi connectivity index (χ0v) is 19.0. The molecule has 1 fully saturated rings. The molecule has 2 atom stereocenters. The number of fused-ring (bicyclic) bond motifs is 1. The fourth-order valence-corrected chi connectivity index (χ4v) is 4.57. The minimum atomic E-state index is -0.913. The molecule has 0 spiro atoms. The van der Waals surface area contributed by atoms with Gasteiger partial charge in [0.2, 0.25) is 0 Å². The van der Waals surface area contributed by atoms with Crippen LogP contribution < -0.4 is 5.32 Å². The summed E-state index contributed by atoms with van der Waals surface area (Å²) in [7, 11) is 0. The number of oxazole rings is 1. The van der Waals surface area contributed by atoms with Crippen molar-refractivity contribution in [3.8, 4) is 5.69 Å². The molecular weight excluding hydrogens is 466 g/mol. The summed E-state index contributed by atoms with van der Waals surface area (Å²) in [4.78, 5) is 20.6. The van der Waals surface area contributed by atoms with Gasteiger partial charge >= 0.3 is 0 Å². The fourth-order valence-electron chi connectivity index (χ4n) is 4.40. The van der Waals surface area contributed by atoms with Gasteiger partial charge in [-0.15, -0.1) is 4.80 Å². The third-order valence-electron chi connectivity index (χ3n) is 6.07. The normalized spacial score (nSPS) is 18.4. The second kappa shape index (κ2) is 9.02. The summed E-state index contributed by atoms with van der Waals surface area (Å²) in [5.74, 6) is -2.12. The largest absolute Gasteiger partial charge is 0.424 e. The van der Waals surface area contributed by atoms with Gasteiger partial charge in [-0.25, -0.2) is 8.78 Å². The van der Waals surface area contributed by atoms with E-state index in [-0.39, 0.29) is 23.2 Å². The second-order valence-electron chi connectivity index (χ2n) is 8.30. The van der Waals surface area contributed by atoms with E-state index in [9.17, 15) is 13.6 Å². The summed E-state index contributed by atoms with van der Waals surface area (Å²) in [6, 6.07) is 6.94. The van der Waals surface area contributed by atoms with Crippen molar-refractivity contribution in [1.82, 2.24) is 24.9 Å². The van der Waals surface area contributed by atoms with Gasteiger partial charge in [0.1, 0.15) is 17.0 Å².